The monoisotopic (exact) mass is 258 g/mol. The predicted octanol–water partition coefficient (Wildman–Crippen LogP) is 2.40. The highest BCUT2D eigenvalue weighted by Gasteiger charge is 2.04. The summed E-state index contributed by atoms with van der Waals surface area (Å²) in [6.07, 6.45) is 4.09. The summed E-state index contributed by atoms with van der Waals surface area (Å²) in [5.41, 5.74) is 0. The first kappa shape index (κ1) is 13.4. The fourth-order valence-electron chi connectivity index (χ4n) is 1.07. The molecule has 0 spiro atoms. The van der Waals surface area contributed by atoms with E-state index in [2.05, 4.69) is 33.8 Å². The second-order valence-electron chi connectivity index (χ2n) is 3.30. The van der Waals surface area contributed by atoms with Gasteiger partial charge >= 0.3 is 0 Å². The van der Waals surface area contributed by atoms with Gasteiger partial charge in [0, 0.05) is 24.9 Å². The first-order valence-corrected chi connectivity index (χ1v) is 7.58. The van der Waals surface area contributed by atoms with E-state index in [1.54, 1.807) is 11.8 Å². The smallest absolute Gasteiger partial charge is 0.191 e. The van der Waals surface area contributed by atoms with Gasteiger partial charge in [0.05, 0.1) is 0 Å². The van der Waals surface area contributed by atoms with E-state index in [-0.39, 0.29) is 0 Å². The first-order chi connectivity index (χ1) is 7.69. The van der Waals surface area contributed by atoms with Crippen molar-refractivity contribution in [2.45, 2.75) is 17.3 Å². The maximum Gasteiger partial charge on any atom is 0.191 e. The lowest BCUT2D eigenvalue weighted by atomic mass is 10.4. The summed E-state index contributed by atoms with van der Waals surface area (Å²) >= 11 is 3.38. The van der Waals surface area contributed by atoms with E-state index < -0.39 is 0 Å². The van der Waals surface area contributed by atoms with Crippen LogP contribution >= 0.6 is 23.5 Å². The van der Waals surface area contributed by atoms with Crippen molar-refractivity contribution in [3.05, 3.63) is 6.07 Å². The summed E-state index contributed by atoms with van der Waals surface area (Å²) in [6.45, 7) is 3.10. The summed E-state index contributed by atoms with van der Waals surface area (Å²) in [4.78, 5) is 8.71. The Balaban J connectivity index is 2.71. The van der Waals surface area contributed by atoms with Crippen LogP contribution in [-0.4, -0.2) is 41.3 Å². The van der Waals surface area contributed by atoms with Gasteiger partial charge in [-0.05, 0) is 12.5 Å². The SMILES string of the molecule is CNc1cc(NCC(C)SC)nc(SC)n1. The molecule has 1 aromatic rings. The zero-order chi connectivity index (χ0) is 12.0. The molecule has 0 aliphatic heterocycles. The van der Waals surface area contributed by atoms with E-state index in [1.807, 2.05) is 31.1 Å². The molecule has 6 heteroatoms. The standard InChI is InChI=1S/C10H18N4S2/c1-7(15-3)6-12-9-5-8(11-2)13-10(14-9)16-4/h5,7H,6H2,1-4H3,(H2,11,12,13,14). The molecule has 0 aromatic carbocycles. The summed E-state index contributed by atoms with van der Waals surface area (Å²) in [5.74, 6) is 1.73. The lowest BCUT2D eigenvalue weighted by molar-refractivity contribution is 0.938. The molecule has 2 N–H and O–H groups in total. The van der Waals surface area contributed by atoms with Crippen LogP contribution < -0.4 is 10.6 Å². The molecule has 16 heavy (non-hydrogen) atoms. The van der Waals surface area contributed by atoms with Gasteiger partial charge in [-0.2, -0.15) is 11.8 Å². The molecule has 0 saturated heterocycles. The van der Waals surface area contributed by atoms with Crippen LogP contribution in [0.1, 0.15) is 6.92 Å². The molecule has 1 unspecified atom stereocenters. The Labute approximate surface area is 105 Å². The molecule has 0 saturated carbocycles. The maximum atomic E-state index is 4.40. The lowest BCUT2D eigenvalue weighted by Gasteiger charge is -2.11. The molecule has 1 rings (SSSR count). The zero-order valence-electron chi connectivity index (χ0n) is 10.1. The highest BCUT2D eigenvalue weighted by molar-refractivity contribution is 7.99. The van der Waals surface area contributed by atoms with Gasteiger partial charge in [0.15, 0.2) is 5.16 Å². The van der Waals surface area contributed by atoms with Crippen LogP contribution in [0.5, 0.6) is 0 Å². The number of nitrogens with zero attached hydrogens (tertiary/aromatic N) is 2. The molecule has 0 aliphatic rings. The van der Waals surface area contributed by atoms with Crippen molar-refractivity contribution in [1.29, 1.82) is 0 Å². The Hall–Kier alpha value is -0.620. The van der Waals surface area contributed by atoms with E-state index in [4.69, 9.17) is 0 Å². The van der Waals surface area contributed by atoms with Crippen molar-refractivity contribution in [1.82, 2.24) is 9.97 Å². The quantitative estimate of drug-likeness (QED) is 0.603. The van der Waals surface area contributed by atoms with Crippen LogP contribution in [0.25, 0.3) is 0 Å². The highest BCUT2D eigenvalue weighted by atomic mass is 32.2. The van der Waals surface area contributed by atoms with Gasteiger partial charge in [-0.25, -0.2) is 9.97 Å². The largest absolute Gasteiger partial charge is 0.373 e. The summed E-state index contributed by atoms with van der Waals surface area (Å²) in [5, 5.41) is 7.71. The first-order valence-electron chi connectivity index (χ1n) is 5.07. The third kappa shape index (κ3) is 4.09. The summed E-state index contributed by atoms with van der Waals surface area (Å²) in [7, 11) is 1.86. The number of hydrogen-bond donors (Lipinski definition) is 2. The van der Waals surface area contributed by atoms with Crippen molar-refractivity contribution in [2.24, 2.45) is 0 Å². The average Bonchev–Trinajstić information content (AvgIpc) is 2.35. The summed E-state index contributed by atoms with van der Waals surface area (Å²) < 4.78 is 0. The van der Waals surface area contributed by atoms with Gasteiger partial charge in [-0.15, -0.1) is 0 Å². The number of rotatable bonds is 6. The Kier molecular flexibility index (Phi) is 5.76. The second kappa shape index (κ2) is 6.85. The molecular weight excluding hydrogens is 240 g/mol. The molecule has 0 amide bonds. The molecule has 1 heterocycles. The van der Waals surface area contributed by atoms with Crippen LogP contribution in [0.15, 0.2) is 11.2 Å². The minimum Gasteiger partial charge on any atom is -0.373 e. The predicted molar refractivity (Wildman–Crippen MR) is 74.8 cm³/mol. The van der Waals surface area contributed by atoms with Gasteiger partial charge in [-0.3, -0.25) is 0 Å². The van der Waals surface area contributed by atoms with Crippen LogP contribution in [0.4, 0.5) is 11.6 Å². The normalized spacial score (nSPS) is 12.2. The third-order valence-corrected chi connectivity index (χ3v) is 3.64. The van der Waals surface area contributed by atoms with E-state index >= 15 is 0 Å². The Morgan fingerprint density at radius 3 is 2.56 bits per heavy atom. The number of anilines is 2. The molecule has 0 aliphatic carbocycles. The molecule has 0 fully saturated rings. The minimum atomic E-state index is 0.575. The minimum absolute atomic E-state index is 0.575. The van der Waals surface area contributed by atoms with Crippen LogP contribution in [0, 0.1) is 0 Å². The van der Waals surface area contributed by atoms with Gasteiger partial charge in [0.25, 0.3) is 0 Å². The van der Waals surface area contributed by atoms with Gasteiger partial charge in [0.1, 0.15) is 11.6 Å². The molecular formula is C10H18N4S2. The lowest BCUT2D eigenvalue weighted by Crippen LogP contribution is -2.14. The summed E-state index contributed by atoms with van der Waals surface area (Å²) in [6, 6.07) is 1.92. The Morgan fingerprint density at radius 1 is 1.31 bits per heavy atom. The second-order valence-corrected chi connectivity index (χ2v) is 5.35. The Bertz CT molecular complexity index is 310. The molecule has 0 radical (unpaired) electrons. The Morgan fingerprint density at radius 2 is 2.00 bits per heavy atom. The van der Waals surface area contributed by atoms with Crippen LogP contribution in [-0.2, 0) is 0 Å². The van der Waals surface area contributed by atoms with Crippen molar-refractivity contribution in [3.8, 4) is 0 Å². The topological polar surface area (TPSA) is 49.8 Å². The molecule has 0 bridgehead atoms. The fraction of sp³-hybridized carbons (Fsp3) is 0.600. The third-order valence-electron chi connectivity index (χ3n) is 2.12. The zero-order valence-corrected chi connectivity index (χ0v) is 11.7. The van der Waals surface area contributed by atoms with Crippen LogP contribution in [0.2, 0.25) is 0 Å². The van der Waals surface area contributed by atoms with Crippen molar-refractivity contribution < 1.29 is 0 Å². The average molecular weight is 258 g/mol. The van der Waals surface area contributed by atoms with Crippen LogP contribution in [0.3, 0.4) is 0 Å². The molecule has 4 nitrogen and oxygen atoms in total. The fourth-order valence-corrected chi connectivity index (χ4v) is 1.70. The highest BCUT2D eigenvalue weighted by Crippen LogP contribution is 2.17. The number of thioether (sulfide) groups is 2. The van der Waals surface area contributed by atoms with E-state index in [0.717, 1.165) is 23.3 Å². The van der Waals surface area contributed by atoms with Gasteiger partial charge in [-0.1, -0.05) is 18.7 Å². The van der Waals surface area contributed by atoms with E-state index in [9.17, 15) is 0 Å². The molecule has 1 aromatic heterocycles. The number of hydrogen-bond acceptors (Lipinski definition) is 6. The van der Waals surface area contributed by atoms with E-state index in [0.29, 0.717) is 5.25 Å². The number of nitrogens with one attached hydrogen (secondary N) is 2. The molecule has 1 atom stereocenters. The van der Waals surface area contributed by atoms with Gasteiger partial charge < -0.3 is 10.6 Å². The maximum absolute atomic E-state index is 4.40. The van der Waals surface area contributed by atoms with Crippen molar-refractivity contribution >= 4 is 35.2 Å². The van der Waals surface area contributed by atoms with E-state index in [1.165, 1.54) is 0 Å². The van der Waals surface area contributed by atoms with Gasteiger partial charge in [0.2, 0.25) is 0 Å². The molecule has 90 valence electrons. The van der Waals surface area contributed by atoms with Crippen molar-refractivity contribution in [3.63, 3.8) is 0 Å². The van der Waals surface area contributed by atoms with Crippen molar-refractivity contribution in [2.75, 3.05) is 36.7 Å². The number of aromatic nitrogens is 2.